The zero-order chi connectivity index (χ0) is 17.2. The van der Waals surface area contributed by atoms with Gasteiger partial charge in [0.25, 0.3) is 0 Å². The molecule has 3 fully saturated rings. The van der Waals surface area contributed by atoms with Crippen molar-refractivity contribution in [3.63, 3.8) is 0 Å². The summed E-state index contributed by atoms with van der Waals surface area (Å²) in [5, 5.41) is 10.2. The number of phenols is 1. The van der Waals surface area contributed by atoms with Crippen LogP contribution in [0.5, 0.6) is 5.75 Å². The highest BCUT2D eigenvalue weighted by molar-refractivity contribution is 5.46. The van der Waals surface area contributed by atoms with Crippen molar-refractivity contribution >= 4 is 0 Å². The fraction of sp³-hybridized carbons (Fsp3) is 0.652. The van der Waals surface area contributed by atoms with Gasteiger partial charge in [-0.15, -0.1) is 0 Å². The third-order valence-corrected chi connectivity index (χ3v) is 7.93. The zero-order valence-corrected chi connectivity index (χ0v) is 15.5. The first-order chi connectivity index (χ1) is 12.1. The minimum atomic E-state index is 0.224. The molecule has 0 aromatic heterocycles. The number of fused-ring (bicyclic) bond motifs is 1. The minimum Gasteiger partial charge on any atom is -0.508 e. The molecule has 3 aliphatic carbocycles. The lowest BCUT2D eigenvalue weighted by Gasteiger charge is -2.62. The molecule has 0 unspecified atom stereocenters. The third-order valence-electron chi connectivity index (χ3n) is 7.93. The maximum atomic E-state index is 10.2. The molecule has 1 aromatic carbocycles. The lowest BCUT2D eigenvalue weighted by Crippen LogP contribution is -2.63. The largest absolute Gasteiger partial charge is 0.508 e. The first-order valence-electron chi connectivity index (χ1n) is 10.3. The summed E-state index contributed by atoms with van der Waals surface area (Å²) in [7, 11) is 0. The van der Waals surface area contributed by atoms with Crippen molar-refractivity contribution in [2.45, 2.75) is 63.3 Å². The monoisotopic (exact) mass is 337 g/mol. The predicted octanol–water partition coefficient (Wildman–Crippen LogP) is 4.66. The molecule has 2 bridgehead atoms. The first-order valence-corrected chi connectivity index (χ1v) is 10.3. The van der Waals surface area contributed by atoms with E-state index in [-0.39, 0.29) is 5.41 Å². The van der Waals surface area contributed by atoms with Gasteiger partial charge in [-0.25, -0.2) is 0 Å². The third kappa shape index (κ3) is 2.33. The molecule has 1 aromatic rings. The average Bonchev–Trinajstić information content (AvgIpc) is 2.52. The molecule has 0 spiro atoms. The molecule has 134 valence electrons. The highest BCUT2D eigenvalue weighted by Crippen LogP contribution is 2.59. The Morgan fingerprint density at radius 2 is 2.12 bits per heavy atom. The van der Waals surface area contributed by atoms with Gasteiger partial charge in [0.2, 0.25) is 0 Å². The Balaban J connectivity index is 1.59. The number of allylic oxidation sites excluding steroid dienone is 1. The predicted molar refractivity (Wildman–Crippen MR) is 102 cm³/mol. The topological polar surface area (TPSA) is 23.5 Å². The maximum absolute atomic E-state index is 10.2. The number of nitrogens with zero attached hydrogens (tertiary/aromatic N) is 1. The van der Waals surface area contributed by atoms with Gasteiger partial charge >= 0.3 is 0 Å². The summed E-state index contributed by atoms with van der Waals surface area (Å²) in [5.74, 6) is 2.81. The first kappa shape index (κ1) is 15.9. The van der Waals surface area contributed by atoms with Crippen LogP contribution in [0.25, 0.3) is 0 Å². The SMILES string of the molecule is C=C1C[C@H](C)[C@H]2[C@@H]3Cc4ccc(O)cc4[C@@]2(CCN3CC2CCC2)C1. The molecule has 5 rings (SSSR count). The second-order valence-corrected chi connectivity index (χ2v) is 9.44. The lowest BCUT2D eigenvalue weighted by atomic mass is 9.49. The van der Waals surface area contributed by atoms with E-state index < -0.39 is 0 Å². The quantitative estimate of drug-likeness (QED) is 0.793. The van der Waals surface area contributed by atoms with E-state index in [9.17, 15) is 5.11 Å². The van der Waals surface area contributed by atoms with Crippen LogP contribution >= 0.6 is 0 Å². The molecule has 2 nitrogen and oxygen atoms in total. The number of piperidine rings is 1. The summed E-state index contributed by atoms with van der Waals surface area (Å²) < 4.78 is 0. The van der Waals surface area contributed by atoms with Gasteiger partial charge in [-0.3, -0.25) is 4.90 Å². The number of aromatic hydroxyl groups is 1. The highest BCUT2D eigenvalue weighted by Gasteiger charge is 2.56. The average molecular weight is 338 g/mol. The van der Waals surface area contributed by atoms with Crippen LogP contribution in [0.3, 0.4) is 0 Å². The second kappa shape index (κ2) is 5.61. The summed E-state index contributed by atoms with van der Waals surface area (Å²) in [4.78, 5) is 2.85. The highest BCUT2D eigenvalue weighted by atomic mass is 16.3. The Kier molecular flexibility index (Phi) is 3.57. The molecule has 4 aliphatic rings. The molecule has 0 amide bonds. The smallest absolute Gasteiger partial charge is 0.115 e. The molecule has 0 radical (unpaired) electrons. The molecule has 2 heteroatoms. The van der Waals surface area contributed by atoms with Crippen LogP contribution in [-0.4, -0.2) is 29.1 Å². The summed E-state index contributed by atoms with van der Waals surface area (Å²) >= 11 is 0. The van der Waals surface area contributed by atoms with Gasteiger partial charge in [-0.05, 0) is 86.1 Å². The van der Waals surface area contributed by atoms with E-state index in [0.717, 1.165) is 18.3 Å². The van der Waals surface area contributed by atoms with Crippen LogP contribution < -0.4 is 0 Å². The Morgan fingerprint density at radius 3 is 2.88 bits per heavy atom. The Bertz CT molecular complexity index is 706. The van der Waals surface area contributed by atoms with E-state index in [0.29, 0.717) is 17.7 Å². The van der Waals surface area contributed by atoms with E-state index >= 15 is 0 Å². The van der Waals surface area contributed by atoms with Gasteiger partial charge in [0.15, 0.2) is 0 Å². The molecular formula is C23H31NO. The summed E-state index contributed by atoms with van der Waals surface area (Å²) in [6.07, 6.45) is 9.05. The molecule has 1 aliphatic heterocycles. The standard InChI is InChI=1S/C23H31NO/c1-15-10-16(2)22-21-11-18-6-7-19(25)12-20(18)23(22,13-15)8-9-24(21)14-17-4-3-5-17/h6-7,12,16-17,21-22,25H,1,3-5,8-11,13-14H2,2H3/t16-,21-,22-,23+/m0/s1. The van der Waals surface area contributed by atoms with Crippen LogP contribution in [0.2, 0.25) is 0 Å². The molecule has 1 saturated heterocycles. The van der Waals surface area contributed by atoms with Crippen LogP contribution in [0, 0.1) is 17.8 Å². The Hall–Kier alpha value is -1.28. The number of benzene rings is 1. The van der Waals surface area contributed by atoms with Gasteiger partial charge < -0.3 is 5.11 Å². The Labute approximate surface area is 151 Å². The van der Waals surface area contributed by atoms with Crippen molar-refractivity contribution in [2.75, 3.05) is 13.1 Å². The van der Waals surface area contributed by atoms with Gasteiger partial charge in [-0.2, -0.15) is 0 Å². The molecule has 25 heavy (non-hydrogen) atoms. The van der Waals surface area contributed by atoms with Crippen LogP contribution in [0.4, 0.5) is 0 Å². The van der Waals surface area contributed by atoms with Crippen molar-refractivity contribution in [1.29, 1.82) is 0 Å². The van der Waals surface area contributed by atoms with Gasteiger partial charge in [-0.1, -0.05) is 31.6 Å². The fourth-order valence-electron chi connectivity index (χ4n) is 6.83. The van der Waals surface area contributed by atoms with E-state index in [1.807, 2.05) is 6.07 Å². The summed E-state index contributed by atoms with van der Waals surface area (Å²) in [6.45, 7) is 9.41. The van der Waals surface area contributed by atoms with Crippen LogP contribution in [0.15, 0.2) is 30.4 Å². The van der Waals surface area contributed by atoms with Crippen LogP contribution in [0.1, 0.15) is 56.6 Å². The molecule has 1 N–H and O–H groups in total. The minimum absolute atomic E-state index is 0.224. The number of rotatable bonds is 2. The zero-order valence-electron chi connectivity index (χ0n) is 15.5. The number of likely N-dealkylation sites (tertiary alicyclic amines) is 1. The van der Waals surface area contributed by atoms with Crippen molar-refractivity contribution in [1.82, 2.24) is 4.90 Å². The molecule has 4 atom stereocenters. The van der Waals surface area contributed by atoms with Crippen molar-refractivity contribution in [3.8, 4) is 5.75 Å². The van der Waals surface area contributed by atoms with Crippen LogP contribution in [-0.2, 0) is 11.8 Å². The van der Waals surface area contributed by atoms with Gasteiger partial charge in [0.05, 0.1) is 0 Å². The van der Waals surface area contributed by atoms with Crippen molar-refractivity contribution in [2.24, 2.45) is 17.8 Å². The lowest BCUT2D eigenvalue weighted by molar-refractivity contribution is -0.0376. The van der Waals surface area contributed by atoms with E-state index in [1.54, 1.807) is 0 Å². The second-order valence-electron chi connectivity index (χ2n) is 9.44. The van der Waals surface area contributed by atoms with Crippen molar-refractivity contribution < 1.29 is 5.11 Å². The number of phenolic OH excluding ortho intramolecular Hbond substituents is 1. The van der Waals surface area contributed by atoms with Crippen molar-refractivity contribution in [3.05, 3.63) is 41.5 Å². The fourth-order valence-corrected chi connectivity index (χ4v) is 6.83. The van der Waals surface area contributed by atoms with E-state index in [2.05, 4.69) is 30.5 Å². The maximum Gasteiger partial charge on any atom is 0.115 e. The van der Waals surface area contributed by atoms with Gasteiger partial charge in [0.1, 0.15) is 5.75 Å². The number of hydrogen-bond donors (Lipinski definition) is 1. The molecule has 1 heterocycles. The number of hydrogen-bond acceptors (Lipinski definition) is 2. The van der Waals surface area contributed by atoms with Gasteiger partial charge in [0, 0.05) is 18.0 Å². The Morgan fingerprint density at radius 1 is 1.28 bits per heavy atom. The normalized spacial score (nSPS) is 38.0. The van der Waals surface area contributed by atoms with E-state index in [4.69, 9.17) is 0 Å². The van der Waals surface area contributed by atoms with E-state index in [1.165, 1.54) is 68.3 Å². The summed E-state index contributed by atoms with van der Waals surface area (Å²) in [6, 6.07) is 6.87. The molecular weight excluding hydrogens is 306 g/mol. The molecule has 2 saturated carbocycles. The summed E-state index contributed by atoms with van der Waals surface area (Å²) in [5.41, 5.74) is 4.58.